The van der Waals surface area contributed by atoms with Gasteiger partial charge in [0, 0.05) is 25.7 Å². The number of hydrogen-bond donors (Lipinski definition) is 0. The van der Waals surface area contributed by atoms with Crippen molar-refractivity contribution in [1.29, 1.82) is 0 Å². The first-order valence-electron chi connectivity index (χ1n) is 7.26. The first-order chi connectivity index (χ1) is 10.5. The number of nitrogens with zero attached hydrogens (tertiary/aromatic N) is 2. The summed E-state index contributed by atoms with van der Waals surface area (Å²) in [5, 5.41) is 0. The highest BCUT2D eigenvalue weighted by Gasteiger charge is 2.36. The summed E-state index contributed by atoms with van der Waals surface area (Å²) in [4.78, 5) is 13.8. The molecular weight excluding hydrogens is 404 g/mol. The lowest BCUT2D eigenvalue weighted by atomic mass is 10.2. The molecule has 1 aromatic rings. The van der Waals surface area contributed by atoms with E-state index in [1.54, 1.807) is 17.0 Å². The topological polar surface area (TPSA) is 66.9 Å². The fourth-order valence-electron chi connectivity index (χ4n) is 2.30. The summed E-state index contributed by atoms with van der Waals surface area (Å²) >= 11 is 4.47. The second-order valence-electron chi connectivity index (χ2n) is 6.44. The van der Waals surface area contributed by atoms with E-state index in [9.17, 15) is 13.2 Å². The smallest absolute Gasteiger partial charge is 0.410 e. The van der Waals surface area contributed by atoms with Gasteiger partial charge in [-0.2, -0.15) is 4.31 Å². The van der Waals surface area contributed by atoms with Gasteiger partial charge in [-0.15, -0.1) is 11.3 Å². The fourth-order valence-corrected chi connectivity index (χ4v) is 5.97. The molecule has 2 rings (SSSR count). The first kappa shape index (κ1) is 18.7. The van der Waals surface area contributed by atoms with E-state index in [1.807, 2.05) is 27.7 Å². The van der Waals surface area contributed by atoms with Crippen LogP contribution >= 0.6 is 27.3 Å². The Bertz CT molecular complexity index is 681. The molecule has 0 radical (unpaired) electrons. The minimum atomic E-state index is -3.52. The Hall–Kier alpha value is -0.640. The van der Waals surface area contributed by atoms with Crippen molar-refractivity contribution >= 4 is 43.4 Å². The average Bonchev–Trinajstić information content (AvgIpc) is 2.83. The van der Waals surface area contributed by atoms with Crippen LogP contribution in [-0.2, 0) is 14.8 Å². The van der Waals surface area contributed by atoms with Crippen molar-refractivity contribution in [2.75, 3.05) is 19.6 Å². The molecule has 0 unspecified atom stereocenters. The van der Waals surface area contributed by atoms with E-state index in [0.29, 0.717) is 10.8 Å². The van der Waals surface area contributed by atoms with Crippen molar-refractivity contribution in [1.82, 2.24) is 9.21 Å². The molecule has 0 N–H and O–H groups in total. The molecule has 1 aliphatic rings. The summed E-state index contributed by atoms with van der Waals surface area (Å²) in [6.45, 7) is 8.11. The molecule has 1 saturated heterocycles. The highest BCUT2D eigenvalue weighted by Crippen LogP contribution is 2.29. The second kappa shape index (κ2) is 6.70. The van der Waals surface area contributed by atoms with Crippen LogP contribution in [0.25, 0.3) is 0 Å². The van der Waals surface area contributed by atoms with Crippen molar-refractivity contribution < 1.29 is 17.9 Å². The Balaban J connectivity index is 2.08. The molecule has 23 heavy (non-hydrogen) atoms. The zero-order chi connectivity index (χ0) is 17.4. The summed E-state index contributed by atoms with van der Waals surface area (Å²) in [5.74, 6) is 0. The van der Waals surface area contributed by atoms with Gasteiger partial charge < -0.3 is 9.64 Å². The van der Waals surface area contributed by atoms with Crippen molar-refractivity contribution in [3.8, 4) is 0 Å². The zero-order valence-corrected chi connectivity index (χ0v) is 16.8. The maximum absolute atomic E-state index is 12.6. The molecule has 0 bridgehead atoms. The lowest BCUT2D eigenvalue weighted by Gasteiger charge is -2.39. The third-order valence-electron chi connectivity index (χ3n) is 3.36. The molecule has 0 aromatic carbocycles. The Morgan fingerprint density at radius 3 is 2.48 bits per heavy atom. The molecule has 1 aliphatic heterocycles. The van der Waals surface area contributed by atoms with Gasteiger partial charge in [0.15, 0.2) is 0 Å². The van der Waals surface area contributed by atoms with Crippen LogP contribution in [0.4, 0.5) is 4.79 Å². The number of amides is 1. The summed E-state index contributed by atoms with van der Waals surface area (Å²) in [6, 6.07) is 3.07. The SMILES string of the molecule is C[C@@H]1CN(S(=O)(=O)c2ccc(Br)s2)CCN1C(=O)OC(C)(C)C. The number of thiophene rings is 1. The molecule has 9 heteroatoms. The van der Waals surface area contributed by atoms with Crippen molar-refractivity contribution in [2.45, 2.75) is 43.5 Å². The molecule has 1 fully saturated rings. The van der Waals surface area contributed by atoms with Gasteiger partial charge in [0.25, 0.3) is 10.0 Å². The number of carbonyl (C=O) groups is 1. The molecule has 0 saturated carbocycles. The molecular formula is C14H21BrN2O4S2. The molecule has 1 atom stereocenters. The predicted molar refractivity (Wildman–Crippen MR) is 93.2 cm³/mol. The normalized spacial score (nSPS) is 20.6. The molecule has 0 spiro atoms. The molecule has 6 nitrogen and oxygen atoms in total. The van der Waals surface area contributed by atoms with Crippen LogP contribution in [0.1, 0.15) is 27.7 Å². The van der Waals surface area contributed by atoms with Crippen LogP contribution in [0.3, 0.4) is 0 Å². The summed E-state index contributed by atoms with van der Waals surface area (Å²) < 4.78 is 33.1. The van der Waals surface area contributed by atoms with Crippen molar-refractivity contribution in [3.05, 3.63) is 15.9 Å². The Morgan fingerprint density at radius 1 is 1.35 bits per heavy atom. The van der Waals surface area contributed by atoms with Crippen LogP contribution < -0.4 is 0 Å². The Kier molecular flexibility index (Phi) is 5.44. The van der Waals surface area contributed by atoms with Gasteiger partial charge in [-0.05, 0) is 55.8 Å². The number of hydrogen-bond acceptors (Lipinski definition) is 5. The van der Waals surface area contributed by atoms with E-state index >= 15 is 0 Å². The van der Waals surface area contributed by atoms with E-state index in [4.69, 9.17) is 4.74 Å². The Morgan fingerprint density at radius 2 is 2.00 bits per heavy atom. The van der Waals surface area contributed by atoms with Gasteiger partial charge in [0.2, 0.25) is 0 Å². The predicted octanol–water partition coefficient (Wildman–Crippen LogP) is 3.14. The number of sulfonamides is 1. The standard InChI is InChI=1S/C14H21BrN2O4S2/c1-10-9-16(23(19,20)12-6-5-11(15)22-12)7-8-17(10)13(18)21-14(2,3)4/h5-6,10H,7-9H2,1-4H3/t10-/m1/s1. The highest BCUT2D eigenvalue weighted by molar-refractivity contribution is 9.11. The van der Waals surface area contributed by atoms with Crippen molar-refractivity contribution in [2.24, 2.45) is 0 Å². The van der Waals surface area contributed by atoms with E-state index < -0.39 is 21.7 Å². The molecule has 1 amide bonds. The number of piperazine rings is 1. The lowest BCUT2D eigenvalue weighted by molar-refractivity contribution is 0.00860. The number of halogens is 1. The van der Waals surface area contributed by atoms with E-state index in [2.05, 4.69) is 15.9 Å². The average molecular weight is 425 g/mol. The van der Waals surface area contributed by atoms with Gasteiger partial charge >= 0.3 is 6.09 Å². The van der Waals surface area contributed by atoms with Crippen LogP contribution in [0.15, 0.2) is 20.1 Å². The zero-order valence-electron chi connectivity index (χ0n) is 13.6. The summed E-state index contributed by atoms with van der Waals surface area (Å²) in [7, 11) is -3.52. The van der Waals surface area contributed by atoms with Crippen LogP contribution in [0.2, 0.25) is 0 Å². The van der Waals surface area contributed by atoms with Crippen LogP contribution in [0, 0.1) is 0 Å². The van der Waals surface area contributed by atoms with Crippen LogP contribution in [0.5, 0.6) is 0 Å². The molecule has 2 heterocycles. The van der Waals surface area contributed by atoms with Crippen LogP contribution in [-0.4, -0.2) is 55.0 Å². The minimum absolute atomic E-state index is 0.239. The molecule has 0 aliphatic carbocycles. The van der Waals surface area contributed by atoms with Crippen molar-refractivity contribution in [3.63, 3.8) is 0 Å². The van der Waals surface area contributed by atoms with E-state index in [1.165, 1.54) is 15.6 Å². The monoisotopic (exact) mass is 424 g/mol. The van der Waals surface area contributed by atoms with Gasteiger partial charge in [-0.1, -0.05) is 0 Å². The second-order valence-corrected chi connectivity index (χ2v) is 11.1. The number of rotatable bonds is 2. The molecule has 1 aromatic heterocycles. The van der Waals surface area contributed by atoms with E-state index in [-0.39, 0.29) is 19.1 Å². The highest BCUT2D eigenvalue weighted by atomic mass is 79.9. The maximum Gasteiger partial charge on any atom is 0.410 e. The summed E-state index contributed by atoms with van der Waals surface area (Å²) in [5.41, 5.74) is -0.566. The van der Waals surface area contributed by atoms with Gasteiger partial charge in [-0.25, -0.2) is 13.2 Å². The third-order valence-corrected chi connectivity index (χ3v) is 7.32. The van der Waals surface area contributed by atoms with Gasteiger partial charge in [0.1, 0.15) is 9.81 Å². The quantitative estimate of drug-likeness (QED) is 0.730. The first-order valence-corrected chi connectivity index (χ1v) is 10.3. The number of carbonyl (C=O) groups excluding carboxylic acids is 1. The minimum Gasteiger partial charge on any atom is -0.444 e. The van der Waals surface area contributed by atoms with E-state index in [0.717, 1.165) is 3.79 Å². The number of ether oxygens (including phenoxy) is 1. The maximum atomic E-state index is 12.6. The third kappa shape index (κ3) is 4.46. The fraction of sp³-hybridized carbons (Fsp3) is 0.643. The Labute approximate surface area is 149 Å². The lowest BCUT2D eigenvalue weighted by Crippen LogP contribution is -2.56. The van der Waals surface area contributed by atoms with Gasteiger partial charge in [0.05, 0.1) is 3.79 Å². The van der Waals surface area contributed by atoms with Gasteiger partial charge in [-0.3, -0.25) is 0 Å². The largest absolute Gasteiger partial charge is 0.444 e. The summed E-state index contributed by atoms with van der Waals surface area (Å²) in [6.07, 6.45) is -0.402. The molecule has 130 valence electrons.